The van der Waals surface area contributed by atoms with Gasteiger partial charge in [-0.25, -0.2) is 0 Å². The van der Waals surface area contributed by atoms with Gasteiger partial charge in [0.2, 0.25) is 5.91 Å². The Kier molecular flexibility index (Phi) is 1.56. The van der Waals surface area contributed by atoms with Crippen molar-refractivity contribution in [3.63, 3.8) is 0 Å². The zero-order valence-corrected chi connectivity index (χ0v) is 6.62. The quantitative estimate of drug-likeness (QED) is 0.573. The molecule has 66 valence electrons. The number of carbonyl (C=O) groups excluding carboxylic acids is 1. The zero-order chi connectivity index (χ0) is 8.72. The lowest BCUT2D eigenvalue weighted by Gasteiger charge is -2.19. The van der Waals surface area contributed by atoms with E-state index in [4.69, 9.17) is 5.11 Å². The van der Waals surface area contributed by atoms with E-state index in [1.54, 1.807) is 0 Å². The summed E-state index contributed by atoms with van der Waals surface area (Å²) in [7, 11) is 0. The molecule has 0 aromatic carbocycles. The third-order valence-corrected chi connectivity index (χ3v) is 2.88. The molecule has 3 atom stereocenters. The first-order chi connectivity index (χ1) is 5.68. The second-order valence-corrected chi connectivity index (χ2v) is 3.63. The molecule has 0 radical (unpaired) electrons. The fourth-order valence-electron chi connectivity index (χ4n) is 2.25. The van der Waals surface area contributed by atoms with E-state index in [2.05, 4.69) is 5.32 Å². The summed E-state index contributed by atoms with van der Waals surface area (Å²) in [6.07, 6.45) is 1.43. The van der Waals surface area contributed by atoms with Crippen LogP contribution in [0.3, 0.4) is 0 Å². The van der Waals surface area contributed by atoms with Crippen LogP contribution in [0.5, 0.6) is 0 Å². The minimum Gasteiger partial charge on any atom is -0.481 e. The molecule has 2 fully saturated rings. The van der Waals surface area contributed by atoms with Gasteiger partial charge in [-0.05, 0) is 18.8 Å². The Balaban J connectivity index is 2.19. The van der Waals surface area contributed by atoms with E-state index in [1.807, 2.05) is 0 Å². The molecule has 1 heterocycles. The van der Waals surface area contributed by atoms with Crippen LogP contribution < -0.4 is 5.32 Å². The number of piperidine rings is 1. The molecule has 2 N–H and O–H groups in total. The summed E-state index contributed by atoms with van der Waals surface area (Å²) in [6, 6.07) is 0. The Bertz CT molecular complexity index is 238. The predicted octanol–water partition coefficient (Wildman–Crippen LogP) is -0.157. The molecule has 0 unspecified atom stereocenters. The molecule has 1 aliphatic carbocycles. The lowest BCUT2D eigenvalue weighted by atomic mass is 9.95. The Hall–Kier alpha value is -1.06. The van der Waals surface area contributed by atoms with Gasteiger partial charge in [0, 0.05) is 6.54 Å². The van der Waals surface area contributed by atoms with Gasteiger partial charge in [0.15, 0.2) is 0 Å². The number of carboxylic acids is 1. The monoisotopic (exact) mass is 169 g/mol. The molecule has 12 heavy (non-hydrogen) atoms. The van der Waals surface area contributed by atoms with Gasteiger partial charge in [-0.3, -0.25) is 9.59 Å². The maximum absolute atomic E-state index is 11.2. The van der Waals surface area contributed by atoms with E-state index in [1.165, 1.54) is 0 Å². The molecule has 1 aliphatic heterocycles. The lowest BCUT2D eigenvalue weighted by molar-refractivity contribution is -0.145. The van der Waals surface area contributed by atoms with Crippen LogP contribution in [0.25, 0.3) is 0 Å². The highest BCUT2D eigenvalue weighted by atomic mass is 16.4. The molecule has 0 spiro atoms. The third-order valence-electron chi connectivity index (χ3n) is 2.88. The average Bonchev–Trinajstić information content (AvgIpc) is 2.37. The molecule has 1 saturated heterocycles. The van der Waals surface area contributed by atoms with Gasteiger partial charge in [0.05, 0.1) is 11.8 Å². The molecule has 0 aromatic rings. The van der Waals surface area contributed by atoms with Crippen molar-refractivity contribution in [3.05, 3.63) is 0 Å². The topological polar surface area (TPSA) is 66.4 Å². The van der Waals surface area contributed by atoms with Gasteiger partial charge >= 0.3 is 5.97 Å². The molecule has 2 rings (SSSR count). The smallest absolute Gasteiger partial charge is 0.307 e. The second kappa shape index (κ2) is 2.47. The largest absolute Gasteiger partial charge is 0.481 e. The van der Waals surface area contributed by atoms with E-state index >= 15 is 0 Å². The van der Waals surface area contributed by atoms with E-state index in [-0.39, 0.29) is 11.8 Å². The number of nitrogens with one attached hydrogen (secondary N) is 1. The van der Waals surface area contributed by atoms with Crippen LogP contribution in [0.15, 0.2) is 0 Å². The fourth-order valence-corrected chi connectivity index (χ4v) is 2.25. The Morgan fingerprint density at radius 1 is 1.50 bits per heavy atom. The zero-order valence-electron chi connectivity index (χ0n) is 6.62. The Labute approximate surface area is 69.9 Å². The van der Waals surface area contributed by atoms with Gasteiger partial charge in [-0.1, -0.05) is 0 Å². The molecule has 2 aliphatic rings. The molecule has 0 aromatic heterocycles. The normalized spacial score (nSPS) is 39.3. The number of hydrogen-bond acceptors (Lipinski definition) is 2. The first kappa shape index (κ1) is 7.58. The van der Waals surface area contributed by atoms with Crippen LogP contribution >= 0.6 is 0 Å². The third kappa shape index (κ3) is 0.983. The van der Waals surface area contributed by atoms with Crippen molar-refractivity contribution in [2.75, 3.05) is 6.54 Å². The average molecular weight is 169 g/mol. The molecular weight excluding hydrogens is 158 g/mol. The molecule has 4 heteroatoms. The van der Waals surface area contributed by atoms with Gasteiger partial charge in [0.25, 0.3) is 0 Å². The first-order valence-corrected chi connectivity index (χ1v) is 4.19. The van der Waals surface area contributed by atoms with Crippen molar-refractivity contribution in [1.82, 2.24) is 5.32 Å². The van der Waals surface area contributed by atoms with Crippen LogP contribution in [0, 0.1) is 17.8 Å². The van der Waals surface area contributed by atoms with Crippen LogP contribution in [0.1, 0.15) is 12.8 Å². The number of fused-ring (bicyclic) bond motifs is 2. The summed E-state index contributed by atoms with van der Waals surface area (Å²) >= 11 is 0. The highest BCUT2D eigenvalue weighted by molar-refractivity contribution is 5.86. The van der Waals surface area contributed by atoms with Crippen molar-refractivity contribution in [2.24, 2.45) is 17.8 Å². The Morgan fingerprint density at radius 2 is 2.25 bits per heavy atom. The molecule has 4 nitrogen and oxygen atoms in total. The summed E-state index contributed by atoms with van der Waals surface area (Å²) in [5, 5.41) is 11.5. The summed E-state index contributed by atoms with van der Waals surface area (Å²) < 4.78 is 0. The van der Waals surface area contributed by atoms with Crippen LogP contribution in [-0.4, -0.2) is 23.5 Å². The summed E-state index contributed by atoms with van der Waals surface area (Å²) in [6.45, 7) is 0.666. The lowest BCUT2D eigenvalue weighted by Crippen LogP contribution is -2.39. The molecule has 1 amide bonds. The maximum Gasteiger partial charge on any atom is 0.307 e. The fraction of sp³-hybridized carbons (Fsp3) is 0.750. The number of rotatable bonds is 1. The van der Waals surface area contributed by atoms with Gasteiger partial charge < -0.3 is 10.4 Å². The highest BCUT2D eigenvalue weighted by Crippen LogP contribution is 2.38. The van der Waals surface area contributed by atoms with E-state index in [0.29, 0.717) is 18.9 Å². The van der Waals surface area contributed by atoms with E-state index < -0.39 is 11.9 Å². The van der Waals surface area contributed by atoms with E-state index in [0.717, 1.165) is 6.42 Å². The number of aliphatic carboxylic acids is 1. The molecule has 1 saturated carbocycles. The second-order valence-electron chi connectivity index (χ2n) is 3.63. The van der Waals surface area contributed by atoms with Crippen molar-refractivity contribution in [2.45, 2.75) is 12.8 Å². The maximum atomic E-state index is 11.2. The minimum absolute atomic E-state index is 0.0730. The van der Waals surface area contributed by atoms with Crippen molar-refractivity contribution < 1.29 is 14.7 Å². The van der Waals surface area contributed by atoms with Gasteiger partial charge in [-0.2, -0.15) is 0 Å². The number of hydrogen-bond donors (Lipinski definition) is 2. The Morgan fingerprint density at radius 3 is 2.92 bits per heavy atom. The van der Waals surface area contributed by atoms with Crippen molar-refractivity contribution in [3.8, 4) is 0 Å². The number of carboxylic acid groups (broad SMARTS) is 1. The highest BCUT2D eigenvalue weighted by Gasteiger charge is 2.45. The molecule has 2 bridgehead atoms. The van der Waals surface area contributed by atoms with Crippen LogP contribution in [0.2, 0.25) is 0 Å². The molecular formula is C8H11NO3. The SMILES string of the molecule is O=C(O)[C@@H]1C[C@H]2CNC(=O)[C@@H]1C2. The number of carbonyl (C=O) groups is 2. The predicted molar refractivity (Wildman–Crippen MR) is 40.3 cm³/mol. The van der Waals surface area contributed by atoms with Gasteiger partial charge in [-0.15, -0.1) is 0 Å². The van der Waals surface area contributed by atoms with E-state index in [9.17, 15) is 9.59 Å². The number of amides is 1. The van der Waals surface area contributed by atoms with Crippen LogP contribution in [-0.2, 0) is 9.59 Å². The summed E-state index contributed by atoms with van der Waals surface area (Å²) in [5.41, 5.74) is 0. The minimum atomic E-state index is -0.820. The summed E-state index contributed by atoms with van der Waals surface area (Å²) in [5.74, 6) is -1.19. The van der Waals surface area contributed by atoms with Crippen LogP contribution in [0.4, 0.5) is 0 Å². The van der Waals surface area contributed by atoms with Crippen molar-refractivity contribution in [1.29, 1.82) is 0 Å². The van der Waals surface area contributed by atoms with Crippen molar-refractivity contribution >= 4 is 11.9 Å². The first-order valence-electron chi connectivity index (χ1n) is 4.19. The summed E-state index contributed by atoms with van der Waals surface area (Å²) in [4.78, 5) is 21.9. The standard InChI is InChI=1S/C8H11NO3/c10-7-5-1-4(3-9-7)2-6(5)8(11)12/h4-6H,1-3H2,(H,9,10)(H,11,12)/t4-,5+,6+/m0/s1. The van der Waals surface area contributed by atoms with Gasteiger partial charge in [0.1, 0.15) is 0 Å².